The van der Waals surface area contributed by atoms with Crippen LogP contribution in [-0.2, 0) is 10.0 Å². The highest BCUT2D eigenvalue weighted by Gasteiger charge is 2.29. The molecular formula is C37H35N3O9S. The van der Waals surface area contributed by atoms with Gasteiger partial charge in [-0.2, -0.15) is 0 Å². The Balaban J connectivity index is 1.02. The number of para-hydroxylation sites is 1. The first-order valence-electron chi connectivity index (χ1n) is 15.8. The van der Waals surface area contributed by atoms with E-state index in [9.17, 15) is 23.1 Å². The molecule has 1 amide bonds. The SMILES string of the molecule is COc1ccc(OC)c(S(=O)(=O)NC2CCC(Oc3ccc4cc(Oc5ccc(C(=O)Nc6ccccc6C(=O)O)cn5)ccc4c3)CC2)c1. The molecule has 1 aliphatic carbocycles. The summed E-state index contributed by atoms with van der Waals surface area (Å²) in [5.74, 6) is 0.602. The summed E-state index contributed by atoms with van der Waals surface area (Å²) in [6.45, 7) is 0. The molecule has 0 aliphatic heterocycles. The molecule has 4 aromatic carbocycles. The van der Waals surface area contributed by atoms with E-state index in [1.54, 1.807) is 36.4 Å². The number of carbonyl (C=O) groups is 2. The first-order chi connectivity index (χ1) is 24.1. The highest BCUT2D eigenvalue weighted by Crippen LogP contribution is 2.32. The maximum absolute atomic E-state index is 13.2. The molecule has 13 heteroatoms. The Morgan fingerprint density at radius 1 is 0.800 bits per heavy atom. The van der Waals surface area contributed by atoms with Crippen LogP contribution in [0.3, 0.4) is 0 Å². The predicted octanol–water partition coefficient (Wildman–Crippen LogP) is 6.66. The quantitative estimate of drug-likeness (QED) is 0.128. The van der Waals surface area contributed by atoms with Gasteiger partial charge in [-0.25, -0.2) is 22.9 Å². The lowest BCUT2D eigenvalue weighted by Gasteiger charge is -2.29. The number of rotatable bonds is 12. The molecule has 0 spiro atoms. The van der Waals surface area contributed by atoms with Crippen molar-refractivity contribution in [1.29, 1.82) is 0 Å². The van der Waals surface area contributed by atoms with E-state index in [2.05, 4.69) is 15.0 Å². The second-order valence-corrected chi connectivity index (χ2v) is 13.4. The molecular weight excluding hydrogens is 662 g/mol. The van der Waals surface area contributed by atoms with Crippen LogP contribution >= 0.6 is 0 Å². The predicted molar refractivity (Wildman–Crippen MR) is 186 cm³/mol. The smallest absolute Gasteiger partial charge is 0.337 e. The number of methoxy groups -OCH3 is 2. The monoisotopic (exact) mass is 697 g/mol. The highest BCUT2D eigenvalue weighted by molar-refractivity contribution is 7.89. The average Bonchev–Trinajstić information content (AvgIpc) is 3.12. The number of sulfonamides is 1. The van der Waals surface area contributed by atoms with Crippen LogP contribution in [0.4, 0.5) is 5.69 Å². The normalized spacial score (nSPS) is 16.0. The average molecular weight is 698 g/mol. The number of aromatic nitrogens is 1. The van der Waals surface area contributed by atoms with E-state index in [-0.39, 0.29) is 45.5 Å². The molecule has 50 heavy (non-hydrogen) atoms. The van der Waals surface area contributed by atoms with Gasteiger partial charge in [0.2, 0.25) is 15.9 Å². The number of carboxylic acids is 1. The zero-order valence-corrected chi connectivity index (χ0v) is 28.1. The molecule has 258 valence electrons. The maximum atomic E-state index is 13.2. The summed E-state index contributed by atoms with van der Waals surface area (Å²) in [4.78, 5) is 28.4. The molecule has 12 nitrogen and oxygen atoms in total. The van der Waals surface area contributed by atoms with E-state index in [1.807, 2.05) is 36.4 Å². The molecule has 0 radical (unpaired) electrons. The molecule has 0 bridgehead atoms. The number of hydrogen-bond acceptors (Lipinski definition) is 9. The van der Waals surface area contributed by atoms with Crippen LogP contribution in [0.5, 0.6) is 28.9 Å². The third-order valence-electron chi connectivity index (χ3n) is 8.37. The largest absolute Gasteiger partial charge is 0.497 e. The number of anilines is 1. The van der Waals surface area contributed by atoms with Crippen LogP contribution in [0.25, 0.3) is 10.8 Å². The zero-order chi connectivity index (χ0) is 35.3. The zero-order valence-electron chi connectivity index (χ0n) is 27.3. The fourth-order valence-corrected chi connectivity index (χ4v) is 7.26. The second-order valence-electron chi connectivity index (χ2n) is 11.7. The van der Waals surface area contributed by atoms with Gasteiger partial charge in [-0.05, 0) is 91.1 Å². The van der Waals surface area contributed by atoms with Gasteiger partial charge in [0.15, 0.2) is 0 Å². The third kappa shape index (κ3) is 7.96. The van der Waals surface area contributed by atoms with Crippen LogP contribution in [-0.4, -0.2) is 56.8 Å². The summed E-state index contributed by atoms with van der Waals surface area (Å²) in [7, 11) is -0.910. The third-order valence-corrected chi connectivity index (χ3v) is 9.91. The van der Waals surface area contributed by atoms with Crippen molar-refractivity contribution in [1.82, 2.24) is 9.71 Å². The van der Waals surface area contributed by atoms with Crippen molar-refractivity contribution >= 4 is 38.4 Å². The van der Waals surface area contributed by atoms with E-state index < -0.39 is 21.9 Å². The van der Waals surface area contributed by atoms with Crippen LogP contribution in [0, 0.1) is 0 Å². The summed E-state index contributed by atoms with van der Waals surface area (Å²) in [6.07, 6.45) is 3.95. The van der Waals surface area contributed by atoms with E-state index in [1.165, 1.54) is 38.6 Å². The van der Waals surface area contributed by atoms with Crippen LogP contribution in [0.15, 0.2) is 102 Å². The molecule has 6 rings (SSSR count). The van der Waals surface area contributed by atoms with Gasteiger partial charge in [0.05, 0.1) is 37.1 Å². The van der Waals surface area contributed by atoms with Crippen molar-refractivity contribution < 1.29 is 42.1 Å². The Hall–Kier alpha value is -5.66. The molecule has 1 saturated carbocycles. The molecule has 5 aromatic rings. The Kier molecular flexibility index (Phi) is 10.2. The summed E-state index contributed by atoms with van der Waals surface area (Å²) in [6, 6.07) is 25.1. The number of aromatic carboxylic acids is 1. The number of hydrogen-bond donors (Lipinski definition) is 3. The van der Waals surface area contributed by atoms with Crippen molar-refractivity contribution in [2.45, 2.75) is 42.7 Å². The molecule has 1 heterocycles. The molecule has 1 aromatic heterocycles. The maximum Gasteiger partial charge on any atom is 0.337 e. The van der Waals surface area contributed by atoms with Crippen molar-refractivity contribution in [3.05, 3.63) is 108 Å². The second kappa shape index (κ2) is 14.8. The van der Waals surface area contributed by atoms with E-state index in [0.717, 1.165) is 16.5 Å². The minimum absolute atomic E-state index is 0.0119. The fourth-order valence-electron chi connectivity index (χ4n) is 5.78. The lowest BCUT2D eigenvalue weighted by atomic mass is 9.93. The lowest BCUT2D eigenvalue weighted by molar-refractivity contribution is 0.0698. The van der Waals surface area contributed by atoms with E-state index in [0.29, 0.717) is 37.2 Å². The summed E-state index contributed by atoms with van der Waals surface area (Å²) < 4.78 is 51.9. The molecule has 0 atom stereocenters. The van der Waals surface area contributed by atoms with E-state index in [4.69, 9.17) is 18.9 Å². The number of amides is 1. The first kappa shape index (κ1) is 34.2. The number of pyridine rings is 1. The van der Waals surface area contributed by atoms with Gasteiger partial charge in [0.1, 0.15) is 27.9 Å². The highest BCUT2D eigenvalue weighted by atomic mass is 32.2. The van der Waals surface area contributed by atoms with Gasteiger partial charge in [0.25, 0.3) is 5.91 Å². The fraction of sp³-hybridized carbons (Fsp3) is 0.216. The topological polar surface area (TPSA) is 162 Å². The minimum atomic E-state index is -3.82. The minimum Gasteiger partial charge on any atom is -0.497 e. The van der Waals surface area contributed by atoms with Gasteiger partial charge >= 0.3 is 5.97 Å². The standard InChI is InChI=1S/C37H35N3O9S/c1-46-28-16-17-33(47-2)34(21-28)50(44,45)40-26-10-14-27(15-11-26)48-29-12-7-24-20-30(13-8-23(24)19-29)49-35-18-9-25(22-38-35)36(41)39-32-6-4-3-5-31(32)37(42)43/h3-9,12-13,16-22,26-27,40H,10-11,14-15H2,1-2H3,(H,39,41)(H,42,43). The summed E-state index contributed by atoms with van der Waals surface area (Å²) in [5, 5.41) is 13.8. The number of fused-ring (bicyclic) bond motifs is 1. The Morgan fingerprint density at radius 3 is 2.18 bits per heavy atom. The number of ether oxygens (including phenoxy) is 4. The number of nitrogens with one attached hydrogen (secondary N) is 2. The molecule has 3 N–H and O–H groups in total. The molecule has 0 unspecified atom stereocenters. The van der Waals surface area contributed by atoms with Crippen molar-refractivity contribution in [2.24, 2.45) is 0 Å². The Bertz CT molecular complexity index is 2130. The van der Waals surface area contributed by atoms with Gasteiger partial charge in [-0.3, -0.25) is 4.79 Å². The van der Waals surface area contributed by atoms with Crippen LogP contribution in [0.2, 0.25) is 0 Å². The number of carboxylic acid groups (broad SMARTS) is 1. The summed E-state index contributed by atoms with van der Waals surface area (Å²) >= 11 is 0. The van der Waals surface area contributed by atoms with E-state index >= 15 is 0 Å². The molecule has 1 fully saturated rings. The first-order valence-corrected chi connectivity index (χ1v) is 17.3. The van der Waals surface area contributed by atoms with Gasteiger partial charge in [-0.1, -0.05) is 24.3 Å². The number of nitrogens with zero attached hydrogens (tertiary/aromatic N) is 1. The lowest BCUT2D eigenvalue weighted by Crippen LogP contribution is -2.39. The van der Waals surface area contributed by atoms with Crippen molar-refractivity contribution in [2.75, 3.05) is 19.5 Å². The van der Waals surface area contributed by atoms with Crippen molar-refractivity contribution in [3.8, 4) is 28.9 Å². The number of carbonyl (C=O) groups excluding carboxylic acids is 1. The van der Waals surface area contributed by atoms with Gasteiger partial charge in [-0.15, -0.1) is 0 Å². The van der Waals surface area contributed by atoms with Gasteiger partial charge in [0, 0.05) is 24.4 Å². The summed E-state index contributed by atoms with van der Waals surface area (Å²) in [5.41, 5.74) is 0.421. The molecule has 0 saturated heterocycles. The number of benzene rings is 4. The Morgan fingerprint density at radius 2 is 1.50 bits per heavy atom. The Labute approximate surface area is 289 Å². The van der Waals surface area contributed by atoms with Crippen molar-refractivity contribution in [3.63, 3.8) is 0 Å². The van der Waals surface area contributed by atoms with Gasteiger partial charge < -0.3 is 29.4 Å². The van der Waals surface area contributed by atoms with Crippen LogP contribution < -0.4 is 29.0 Å². The molecule has 1 aliphatic rings. The van der Waals surface area contributed by atoms with Crippen LogP contribution in [0.1, 0.15) is 46.4 Å².